The molecule has 0 aromatic heterocycles. The van der Waals surface area contributed by atoms with Gasteiger partial charge in [-0.15, -0.1) is 0 Å². The molecule has 1 heterocycles. The lowest BCUT2D eigenvalue weighted by Crippen LogP contribution is -2.36. The Hall–Kier alpha value is -3.48. The quantitative estimate of drug-likeness (QED) is 0.809. The number of benzene rings is 2. The highest BCUT2D eigenvalue weighted by molar-refractivity contribution is 6.43. The van der Waals surface area contributed by atoms with E-state index in [9.17, 15) is 14.4 Å². The summed E-state index contributed by atoms with van der Waals surface area (Å²) in [5.41, 5.74) is 2.20. The number of amides is 3. The van der Waals surface area contributed by atoms with Gasteiger partial charge in [0.15, 0.2) is 0 Å². The summed E-state index contributed by atoms with van der Waals surface area (Å²) in [4.78, 5) is 36.7. The summed E-state index contributed by atoms with van der Waals surface area (Å²) in [5, 5.41) is 11.1. The molecule has 7 nitrogen and oxygen atoms in total. The molecule has 2 N–H and O–H groups in total. The summed E-state index contributed by atoms with van der Waals surface area (Å²) >= 11 is 0. The lowest BCUT2D eigenvalue weighted by Gasteiger charge is -2.23. The van der Waals surface area contributed by atoms with Gasteiger partial charge in [0.1, 0.15) is 5.71 Å². The van der Waals surface area contributed by atoms with Crippen molar-refractivity contribution in [3.8, 4) is 0 Å². The van der Waals surface area contributed by atoms with Crippen LogP contribution in [0.3, 0.4) is 0 Å². The fourth-order valence-electron chi connectivity index (χ4n) is 2.85. The number of rotatable bonds is 6. The largest absolute Gasteiger partial charge is 0.352 e. The highest BCUT2D eigenvalue weighted by atomic mass is 16.2. The van der Waals surface area contributed by atoms with Crippen molar-refractivity contribution in [1.82, 2.24) is 10.3 Å². The SMILES string of the molecule is CCNC(=O)c1cccc(NC(=O)C2=NN(Cc3ccccc3)C(=O)CC2)c1. The number of hydrogen-bond donors (Lipinski definition) is 2. The van der Waals surface area contributed by atoms with E-state index in [0.29, 0.717) is 30.1 Å². The maximum Gasteiger partial charge on any atom is 0.271 e. The first kappa shape index (κ1) is 19.3. The zero-order valence-corrected chi connectivity index (χ0v) is 15.6. The van der Waals surface area contributed by atoms with Crippen LogP contribution in [-0.2, 0) is 16.1 Å². The summed E-state index contributed by atoms with van der Waals surface area (Å²) in [7, 11) is 0. The van der Waals surface area contributed by atoms with Crippen molar-refractivity contribution < 1.29 is 14.4 Å². The Bertz CT molecular complexity index is 909. The van der Waals surface area contributed by atoms with Crippen LogP contribution in [0, 0.1) is 0 Å². The lowest BCUT2D eigenvalue weighted by molar-refractivity contribution is -0.132. The van der Waals surface area contributed by atoms with Crippen LogP contribution in [0.5, 0.6) is 0 Å². The summed E-state index contributed by atoms with van der Waals surface area (Å²) in [6.07, 6.45) is 0.518. The Morgan fingerprint density at radius 3 is 2.57 bits per heavy atom. The molecule has 2 aromatic rings. The second-order valence-corrected chi connectivity index (χ2v) is 6.38. The third kappa shape index (κ3) is 4.82. The molecule has 0 unspecified atom stereocenters. The van der Waals surface area contributed by atoms with Gasteiger partial charge in [0.25, 0.3) is 11.8 Å². The molecule has 2 aromatic carbocycles. The van der Waals surface area contributed by atoms with Crippen molar-refractivity contribution in [1.29, 1.82) is 0 Å². The van der Waals surface area contributed by atoms with E-state index in [-0.39, 0.29) is 30.6 Å². The van der Waals surface area contributed by atoms with Gasteiger partial charge in [-0.2, -0.15) is 5.10 Å². The van der Waals surface area contributed by atoms with E-state index >= 15 is 0 Å². The summed E-state index contributed by atoms with van der Waals surface area (Å²) in [6.45, 7) is 2.69. The van der Waals surface area contributed by atoms with E-state index in [1.54, 1.807) is 24.3 Å². The van der Waals surface area contributed by atoms with Crippen LogP contribution in [0.25, 0.3) is 0 Å². The fourth-order valence-corrected chi connectivity index (χ4v) is 2.85. The molecule has 0 radical (unpaired) electrons. The number of nitrogens with zero attached hydrogens (tertiary/aromatic N) is 2. The maximum atomic E-state index is 12.6. The highest BCUT2D eigenvalue weighted by Crippen LogP contribution is 2.16. The molecule has 0 atom stereocenters. The molecule has 3 rings (SSSR count). The number of carbonyl (C=O) groups excluding carboxylic acids is 3. The lowest BCUT2D eigenvalue weighted by atomic mass is 10.1. The molecule has 0 bridgehead atoms. The van der Waals surface area contributed by atoms with Gasteiger partial charge in [0, 0.05) is 30.6 Å². The average molecular weight is 378 g/mol. The maximum absolute atomic E-state index is 12.6. The number of carbonyl (C=O) groups is 3. The van der Waals surface area contributed by atoms with Crippen LogP contribution in [-0.4, -0.2) is 35.0 Å². The minimum atomic E-state index is -0.376. The minimum absolute atomic E-state index is 0.112. The zero-order valence-electron chi connectivity index (χ0n) is 15.6. The van der Waals surface area contributed by atoms with E-state index in [1.165, 1.54) is 5.01 Å². The standard InChI is InChI=1S/C21H22N4O3/c1-2-22-20(27)16-9-6-10-17(13-16)23-21(28)18-11-12-19(26)25(24-18)14-15-7-4-3-5-8-15/h3-10,13H,2,11-12,14H2,1H3,(H,22,27)(H,23,28). The number of nitrogens with one attached hydrogen (secondary N) is 2. The zero-order chi connectivity index (χ0) is 19.9. The molecule has 0 saturated heterocycles. The third-order valence-corrected chi connectivity index (χ3v) is 4.26. The summed E-state index contributed by atoms with van der Waals surface area (Å²) in [6, 6.07) is 16.2. The van der Waals surface area contributed by atoms with Crippen molar-refractivity contribution >= 4 is 29.1 Å². The normalized spacial score (nSPS) is 13.7. The van der Waals surface area contributed by atoms with E-state index < -0.39 is 0 Å². The first-order chi connectivity index (χ1) is 13.6. The van der Waals surface area contributed by atoms with Crippen LogP contribution in [0.4, 0.5) is 5.69 Å². The topological polar surface area (TPSA) is 90.9 Å². The predicted octanol–water partition coefficient (Wildman–Crippen LogP) is 2.55. The summed E-state index contributed by atoms with van der Waals surface area (Å²) in [5.74, 6) is -0.689. The molecule has 0 fully saturated rings. The van der Waals surface area contributed by atoms with Crippen molar-refractivity contribution in [3.63, 3.8) is 0 Å². The van der Waals surface area contributed by atoms with Gasteiger partial charge < -0.3 is 10.6 Å². The van der Waals surface area contributed by atoms with E-state index in [1.807, 2.05) is 37.3 Å². The van der Waals surface area contributed by atoms with Crippen LogP contribution in [0.15, 0.2) is 59.7 Å². The fraction of sp³-hybridized carbons (Fsp3) is 0.238. The Balaban J connectivity index is 1.71. The smallest absolute Gasteiger partial charge is 0.271 e. The van der Waals surface area contributed by atoms with Gasteiger partial charge in [-0.25, -0.2) is 5.01 Å². The second-order valence-electron chi connectivity index (χ2n) is 6.38. The molecule has 28 heavy (non-hydrogen) atoms. The van der Waals surface area contributed by atoms with Crippen molar-refractivity contribution in [2.75, 3.05) is 11.9 Å². The summed E-state index contributed by atoms with van der Waals surface area (Å²) < 4.78 is 0. The Morgan fingerprint density at radius 1 is 1.04 bits per heavy atom. The molecular formula is C21H22N4O3. The van der Waals surface area contributed by atoms with Crippen molar-refractivity contribution in [3.05, 3.63) is 65.7 Å². The Kier molecular flexibility index (Phi) is 6.16. The molecule has 1 aliphatic rings. The van der Waals surface area contributed by atoms with Gasteiger partial charge in [-0.05, 0) is 30.7 Å². The molecule has 3 amide bonds. The molecule has 0 aliphatic carbocycles. The van der Waals surface area contributed by atoms with E-state index in [0.717, 1.165) is 5.56 Å². The number of hydrazone groups is 1. The van der Waals surface area contributed by atoms with Gasteiger partial charge >= 0.3 is 0 Å². The first-order valence-electron chi connectivity index (χ1n) is 9.18. The molecule has 1 aliphatic heterocycles. The monoisotopic (exact) mass is 378 g/mol. The highest BCUT2D eigenvalue weighted by Gasteiger charge is 2.24. The van der Waals surface area contributed by atoms with Gasteiger partial charge in [0.2, 0.25) is 5.91 Å². The average Bonchev–Trinajstić information content (AvgIpc) is 2.71. The predicted molar refractivity (Wildman–Crippen MR) is 107 cm³/mol. The number of hydrogen-bond acceptors (Lipinski definition) is 4. The molecule has 0 saturated carbocycles. The van der Waals surface area contributed by atoms with E-state index in [4.69, 9.17) is 0 Å². The van der Waals surface area contributed by atoms with Crippen LogP contribution in [0.2, 0.25) is 0 Å². The van der Waals surface area contributed by atoms with Gasteiger partial charge in [0.05, 0.1) is 6.54 Å². The number of anilines is 1. The molecule has 7 heteroatoms. The van der Waals surface area contributed by atoms with Crippen LogP contribution in [0.1, 0.15) is 35.7 Å². The second kappa shape index (κ2) is 8.94. The minimum Gasteiger partial charge on any atom is -0.352 e. The van der Waals surface area contributed by atoms with Gasteiger partial charge in [-0.3, -0.25) is 14.4 Å². The van der Waals surface area contributed by atoms with Gasteiger partial charge in [-0.1, -0.05) is 36.4 Å². The molecular weight excluding hydrogens is 356 g/mol. The van der Waals surface area contributed by atoms with Crippen molar-refractivity contribution in [2.45, 2.75) is 26.3 Å². The Labute approximate surface area is 163 Å². The Morgan fingerprint density at radius 2 is 1.82 bits per heavy atom. The molecule has 0 spiro atoms. The van der Waals surface area contributed by atoms with Crippen molar-refractivity contribution in [2.24, 2.45) is 5.10 Å². The van der Waals surface area contributed by atoms with E-state index in [2.05, 4.69) is 15.7 Å². The van der Waals surface area contributed by atoms with Crippen LogP contribution < -0.4 is 10.6 Å². The first-order valence-corrected chi connectivity index (χ1v) is 9.18. The molecule has 144 valence electrons. The van der Waals surface area contributed by atoms with Crippen LogP contribution >= 0.6 is 0 Å². The third-order valence-electron chi connectivity index (χ3n) is 4.26.